The van der Waals surface area contributed by atoms with Crippen LogP contribution in [0.1, 0.15) is 125 Å². The first-order valence-electron chi connectivity index (χ1n) is 28.4. The van der Waals surface area contributed by atoms with E-state index in [1.165, 1.54) is 9.80 Å². The van der Waals surface area contributed by atoms with Crippen LogP contribution >= 0.6 is 0 Å². The Morgan fingerprint density at radius 1 is 0.403 bits per heavy atom. The van der Waals surface area contributed by atoms with E-state index >= 15 is 0 Å². The van der Waals surface area contributed by atoms with Crippen molar-refractivity contribution in [3.8, 4) is 0 Å². The first-order valence-corrected chi connectivity index (χ1v) is 21.4. The minimum Gasteiger partial charge on any atom is -0.311 e. The molecule has 2 aliphatic rings. The molecule has 4 heteroatoms. The zero-order valence-electron chi connectivity index (χ0n) is 51.8. The quantitative estimate of drug-likeness (QED) is 0.160. The van der Waals surface area contributed by atoms with Crippen LogP contribution in [0, 0.1) is 0 Å². The van der Waals surface area contributed by atoms with E-state index in [9.17, 15) is 19.2 Å². The molecule has 0 radical (unpaired) electrons. The molecule has 0 atom stereocenters. The maximum Gasteiger partial charge on any atom is 0.252 e. The second-order valence-corrected chi connectivity index (χ2v) is 20.5. The van der Waals surface area contributed by atoms with Crippen LogP contribution in [0.15, 0.2) is 157 Å². The lowest BCUT2D eigenvalue weighted by Crippen LogP contribution is -2.61. The van der Waals surface area contributed by atoms with E-state index in [1.807, 2.05) is 107 Å². The minimum absolute atomic E-state index is 0.0844. The van der Waals surface area contributed by atoms with Crippen molar-refractivity contribution in [3.63, 3.8) is 0 Å². The van der Waals surface area contributed by atoms with E-state index in [0.717, 1.165) is 0 Å². The monoisotopic (exact) mass is 826 g/mol. The molecule has 0 saturated carbocycles. The van der Waals surface area contributed by atoms with Gasteiger partial charge >= 0.3 is 0 Å². The summed E-state index contributed by atoms with van der Waals surface area (Å²) in [6.45, 7) is 20.5. The Kier molecular flexibility index (Phi) is 6.66. The van der Waals surface area contributed by atoms with Gasteiger partial charge in [-0.2, -0.15) is 0 Å². The van der Waals surface area contributed by atoms with Gasteiger partial charge in [-0.15, -0.1) is 0 Å². The first-order chi connectivity index (χ1) is 35.2. The Morgan fingerprint density at radius 3 is 1.08 bits per heavy atom. The fourth-order valence-electron chi connectivity index (χ4n) is 8.08. The van der Waals surface area contributed by atoms with Crippen molar-refractivity contribution < 1.29 is 19.2 Å². The van der Waals surface area contributed by atoms with Gasteiger partial charge in [-0.25, -0.2) is 0 Å². The summed E-state index contributed by atoms with van der Waals surface area (Å²) in [6.07, 6.45) is 0. The van der Waals surface area contributed by atoms with Gasteiger partial charge < -0.3 is 14.7 Å². The van der Waals surface area contributed by atoms with Gasteiger partial charge in [-0.3, -0.25) is 0 Å². The highest BCUT2D eigenvalue weighted by Gasteiger charge is 2.45. The van der Waals surface area contributed by atoms with Crippen LogP contribution in [0.2, 0.25) is 0 Å². The molecule has 0 saturated heterocycles. The molecule has 3 nitrogen and oxygen atoms in total. The number of rotatable bonds is 5. The maximum absolute atomic E-state index is 10.4. The van der Waals surface area contributed by atoms with E-state index in [-0.39, 0.29) is 133 Å². The average molecular weight is 826 g/mol. The number of benzene rings is 7. The predicted molar refractivity (Wildman–Crippen MR) is 270 cm³/mol. The molecule has 0 spiro atoms. The van der Waals surface area contributed by atoms with Crippen molar-refractivity contribution in [2.45, 2.75) is 105 Å². The summed E-state index contributed by atoms with van der Waals surface area (Å²) in [6, 6.07) is 17.4. The molecule has 9 rings (SSSR count). The number of anilines is 9. The highest BCUT2D eigenvalue weighted by molar-refractivity contribution is 7.00. The third-order valence-electron chi connectivity index (χ3n) is 11.5. The molecular weight excluding hydrogens is 749 g/mol. The van der Waals surface area contributed by atoms with Crippen LogP contribution in [0.3, 0.4) is 0 Å². The Hall–Kier alpha value is -6.00. The number of nitrogens with zero attached hydrogens (tertiary/aromatic N) is 3. The summed E-state index contributed by atoms with van der Waals surface area (Å²) in [5, 5.41) is 0. The molecule has 62 heavy (non-hydrogen) atoms. The fraction of sp³-hybridized carbons (Fsp3) is 0.276. The SMILES string of the molecule is [2H]c1c([2H])c(C(C)(C)C)c([2H])c([2H])c1N1c2cc(N(c3ccccc3)c3ccccc3)cc3c2B(c2c([2H])c(C(C)(C)C)c([2H])c([2H])c21)c1c([2H])c(C(C)(C)C)c([2H])c([2H])c1N3c1c([2H])c([2H])c(C(C)(C)C)c([2H])c1[2H]. The average Bonchev–Trinajstić information content (AvgIpc) is 3.40. The van der Waals surface area contributed by atoms with Gasteiger partial charge in [0.1, 0.15) is 0 Å². The second-order valence-electron chi connectivity index (χ2n) is 20.5. The molecule has 0 aromatic heterocycles. The topological polar surface area (TPSA) is 9.72 Å². The van der Waals surface area contributed by atoms with Crippen LogP contribution in [0.5, 0.6) is 0 Å². The highest BCUT2D eigenvalue weighted by Crippen LogP contribution is 2.49. The molecular formula is C58H62BN3. The Balaban J connectivity index is 1.63. The van der Waals surface area contributed by atoms with Gasteiger partial charge in [0, 0.05) is 45.5 Å². The van der Waals surface area contributed by atoms with Crippen molar-refractivity contribution >= 4 is 74.3 Å². The van der Waals surface area contributed by atoms with E-state index in [1.54, 1.807) is 53.7 Å². The van der Waals surface area contributed by atoms with Crippen LogP contribution in [-0.2, 0) is 21.7 Å². The molecule has 0 bridgehead atoms. The zero-order chi connectivity index (χ0) is 56.1. The minimum atomic E-state index is -1.28. The Labute approximate surface area is 391 Å². The van der Waals surface area contributed by atoms with E-state index in [0.29, 0.717) is 17.1 Å². The van der Waals surface area contributed by atoms with Gasteiger partial charge in [0.15, 0.2) is 0 Å². The van der Waals surface area contributed by atoms with Crippen molar-refractivity contribution in [1.29, 1.82) is 0 Å². The summed E-state index contributed by atoms with van der Waals surface area (Å²) >= 11 is 0. The largest absolute Gasteiger partial charge is 0.311 e. The molecule has 0 unspecified atom stereocenters. The van der Waals surface area contributed by atoms with E-state index in [2.05, 4.69) is 0 Å². The molecule has 2 aliphatic heterocycles. The summed E-state index contributed by atoms with van der Waals surface area (Å²) in [5.41, 5.74) is -1.20. The second kappa shape index (κ2) is 14.8. The molecule has 0 aliphatic carbocycles. The number of hydrogen-bond donors (Lipinski definition) is 0. The summed E-state index contributed by atoms with van der Waals surface area (Å²) in [5.74, 6) is 0. The van der Waals surface area contributed by atoms with E-state index < -0.39 is 52.5 Å². The maximum atomic E-state index is 10.4. The molecule has 0 N–H and O–H groups in total. The molecule has 0 fully saturated rings. The van der Waals surface area contributed by atoms with Crippen LogP contribution in [0.4, 0.5) is 51.2 Å². The van der Waals surface area contributed by atoms with Gasteiger partial charge in [-0.05, 0) is 133 Å². The number of hydrogen-bond acceptors (Lipinski definition) is 3. The first kappa shape index (κ1) is 27.8. The van der Waals surface area contributed by atoms with Crippen LogP contribution in [-0.4, -0.2) is 6.71 Å². The van der Waals surface area contributed by atoms with E-state index in [4.69, 9.17) is 0 Å². The van der Waals surface area contributed by atoms with Crippen molar-refractivity contribution in [2.24, 2.45) is 0 Å². The van der Waals surface area contributed by atoms with Crippen LogP contribution in [0.25, 0.3) is 0 Å². The highest BCUT2D eigenvalue weighted by atomic mass is 15.2. The lowest BCUT2D eigenvalue weighted by molar-refractivity contribution is 0.590. The Bertz CT molecular complexity index is 3310. The lowest BCUT2D eigenvalue weighted by Gasteiger charge is -2.45. The molecule has 312 valence electrons. The Morgan fingerprint density at radius 2 is 0.742 bits per heavy atom. The fourth-order valence-corrected chi connectivity index (χ4v) is 8.08. The molecule has 7 aromatic rings. The molecule has 7 aromatic carbocycles. The summed E-state index contributed by atoms with van der Waals surface area (Å²) < 4.78 is 139. The van der Waals surface area contributed by atoms with Gasteiger partial charge in [0.2, 0.25) is 0 Å². The molecule has 0 amide bonds. The van der Waals surface area contributed by atoms with Crippen molar-refractivity contribution in [2.75, 3.05) is 14.7 Å². The van der Waals surface area contributed by atoms with Crippen LogP contribution < -0.4 is 31.1 Å². The van der Waals surface area contributed by atoms with Crippen molar-refractivity contribution in [3.05, 3.63) is 180 Å². The lowest BCUT2D eigenvalue weighted by atomic mass is 9.33. The number of fused-ring (bicyclic) bond motifs is 4. The summed E-state index contributed by atoms with van der Waals surface area (Å²) in [7, 11) is 0. The van der Waals surface area contributed by atoms with Crippen molar-refractivity contribution in [1.82, 2.24) is 0 Å². The smallest absolute Gasteiger partial charge is 0.252 e. The third-order valence-corrected chi connectivity index (χ3v) is 11.5. The normalized spacial score (nSPS) is 16.9. The van der Waals surface area contributed by atoms with Gasteiger partial charge in [-0.1, -0.05) is 168 Å². The standard InChI is InChI=1S/C58H62BN3/c1-55(2,3)39-23-29-45(30-24-39)61-50-33-27-41(57(7,8)9)35-48(50)59-49-36-42(58(10,11)12)28-34-51(49)62(46-31-25-40(26-32-46)56(4,5)6)53-38-47(37-52(61)54(53)59)60(43-19-15-13-16-20-43)44-21-17-14-18-22-44/h13-38H,1-12H3/i23D,24D,25D,26D,27D,28D,29D,30D,31D,32D,33D,34D,35D,36D. The predicted octanol–water partition coefficient (Wildman–Crippen LogP) is 14.4. The third kappa shape index (κ3) is 7.32. The molecule has 2 heterocycles. The summed E-state index contributed by atoms with van der Waals surface area (Å²) in [4.78, 5) is 4.81. The zero-order valence-corrected chi connectivity index (χ0v) is 37.8. The van der Waals surface area contributed by atoms with Gasteiger partial charge in [0.25, 0.3) is 6.71 Å². The van der Waals surface area contributed by atoms with Gasteiger partial charge in [0.05, 0.1) is 24.9 Å². The number of para-hydroxylation sites is 2.